The normalized spacial score (nSPS) is 11.2. The Kier molecular flexibility index (Phi) is 7.45. The van der Waals surface area contributed by atoms with Crippen LogP contribution in [0, 0.1) is 0 Å². The number of ether oxygens (including phenoxy) is 2. The van der Waals surface area contributed by atoms with E-state index < -0.39 is 16.0 Å². The average molecular weight is 458 g/mol. The number of sulfonamides is 1. The van der Waals surface area contributed by atoms with Crippen molar-refractivity contribution in [2.45, 2.75) is 31.9 Å². The van der Waals surface area contributed by atoms with Gasteiger partial charge in [-0.2, -0.15) is 0 Å². The standard InChI is InChI=1S/C23H23NO7S/c1-3-29-22-11-8-18(16(2)25)13-19(22)15-31-23(26)17-6-9-21(10-7-17)32(27,28)24-14-20-5-4-12-30-20/h4-13,24H,3,14-15H2,1-2H3. The minimum Gasteiger partial charge on any atom is -0.493 e. The maximum Gasteiger partial charge on any atom is 0.338 e. The zero-order chi connectivity index (χ0) is 23.1. The molecule has 8 nitrogen and oxygen atoms in total. The fraction of sp³-hybridized carbons (Fsp3) is 0.217. The Bertz CT molecular complexity index is 1180. The lowest BCUT2D eigenvalue weighted by Gasteiger charge is -2.12. The molecule has 168 valence electrons. The number of benzene rings is 2. The predicted molar refractivity (Wildman–Crippen MR) is 116 cm³/mol. The van der Waals surface area contributed by atoms with Gasteiger partial charge in [0.05, 0.1) is 29.9 Å². The number of ketones is 1. The highest BCUT2D eigenvalue weighted by Gasteiger charge is 2.17. The van der Waals surface area contributed by atoms with Crippen LogP contribution in [-0.2, 0) is 27.9 Å². The van der Waals surface area contributed by atoms with Crippen LogP contribution >= 0.6 is 0 Å². The summed E-state index contributed by atoms with van der Waals surface area (Å²) in [7, 11) is -3.77. The number of rotatable bonds is 10. The highest BCUT2D eigenvalue weighted by atomic mass is 32.2. The second kappa shape index (κ2) is 10.3. The van der Waals surface area contributed by atoms with Crippen LogP contribution in [0.1, 0.15) is 45.9 Å². The van der Waals surface area contributed by atoms with Gasteiger partial charge in [-0.1, -0.05) is 0 Å². The van der Waals surface area contributed by atoms with Gasteiger partial charge in [0, 0.05) is 11.1 Å². The number of hydrogen-bond acceptors (Lipinski definition) is 7. The van der Waals surface area contributed by atoms with Crippen LogP contribution in [0.2, 0.25) is 0 Å². The maximum atomic E-state index is 12.4. The van der Waals surface area contributed by atoms with E-state index in [1.165, 1.54) is 37.5 Å². The molecule has 0 bridgehead atoms. The molecule has 0 fully saturated rings. The van der Waals surface area contributed by atoms with E-state index in [-0.39, 0.29) is 29.4 Å². The van der Waals surface area contributed by atoms with Gasteiger partial charge in [-0.15, -0.1) is 0 Å². The van der Waals surface area contributed by atoms with E-state index in [0.717, 1.165) is 0 Å². The van der Waals surface area contributed by atoms with Crippen LogP contribution in [0.25, 0.3) is 0 Å². The van der Waals surface area contributed by atoms with Gasteiger partial charge in [0.25, 0.3) is 0 Å². The van der Waals surface area contributed by atoms with Crippen molar-refractivity contribution < 1.29 is 31.9 Å². The van der Waals surface area contributed by atoms with Gasteiger partial charge in [-0.3, -0.25) is 4.79 Å². The van der Waals surface area contributed by atoms with Crippen LogP contribution in [0.4, 0.5) is 0 Å². The molecule has 0 saturated carbocycles. The van der Waals surface area contributed by atoms with Crippen molar-refractivity contribution in [2.24, 2.45) is 0 Å². The van der Waals surface area contributed by atoms with Crippen molar-refractivity contribution in [1.29, 1.82) is 0 Å². The van der Waals surface area contributed by atoms with Crippen molar-refractivity contribution in [2.75, 3.05) is 6.61 Å². The van der Waals surface area contributed by atoms with Gasteiger partial charge in [-0.05, 0) is 68.4 Å². The fourth-order valence-corrected chi connectivity index (χ4v) is 3.86. The summed E-state index contributed by atoms with van der Waals surface area (Å²) >= 11 is 0. The van der Waals surface area contributed by atoms with E-state index in [9.17, 15) is 18.0 Å². The third kappa shape index (κ3) is 5.83. The van der Waals surface area contributed by atoms with Gasteiger partial charge in [0.1, 0.15) is 18.1 Å². The highest BCUT2D eigenvalue weighted by Crippen LogP contribution is 2.22. The number of carbonyl (C=O) groups is 2. The van der Waals surface area contributed by atoms with Crippen molar-refractivity contribution >= 4 is 21.8 Å². The lowest BCUT2D eigenvalue weighted by atomic mass is 10.1. The molecule has 3 aromatic rings. The topological polar surface area (TPSA) is 112 Å². The minimum atomic E-state index is -3.77. The van der Waals surface area contributed by atoms with E-state index in [2.05, 4.69) is 4.72 Å². The Morgan fingerprint density at radius 2 is 1.75 bits per heavy atom. The SMILES string of the molecule is CCOc1ccc(C(C)=O)cc1COC(=O)c1ccc(S(=O)(=O)NCc2ccco2)cc1. The summed E-state index contributed by atoms with van der Waals surface area (Å²) in [6, 6.07) is 13.7. The second-order valence-electron chi connectivity index (χ2n) is 6.82. The number of furan rings is 1. The molecule has 0 aliphatic carbocycles. The summed E-state index contributed by atoms with van der Waals surface area (Å²) in [5.41, 5.74) is 1.24. The van der Waals surface area contributed by atoms with E-state index >= 15 is 0 Å². The van der Waals surface area contributed by atoms with Gasteiger partial charge in [0.2, 0.25) is 10.0 Å². The lowest BCUT2D eigenvalue weighted by molar-refractivity contribution is 0.0469. The van der Waals surface area contributed by atoms with Gasteiger partial charge in [0.15, 0.2) is 5.78 Å². The molecule has 1 N–H and O–H groups in total. The van der Waals surface area contributed by atoms with Crippen molar-refractivity contribution in [3.8, 4) is 5.75 Å². The number of carbonyl (C=O) groups excluding carboxylic acids is 2. The molecule has 0 saturated heterocycles. The first-order valence-corrected chi connectivity index (χ1v) is 11.3. The third-order valence-electron chi connectivity index (χ3n) is 4.54. The molecule has 0 aliphatic rings. The zero-order valence-corrected chi connectivity index (χ0v) is 18.5. The van der Waals surface area contributed by atoms with Crippen LogP contribution in [0.15, 0.2) is 70.2 Å². The first-order chi connectivity index (χ1) is 15.3. The largest absolute Gasteiger partial charge is 0.493 e. The molecular weight excluding hydrogens is 434 g/mol. The second-order valence-corrected chi connectivity index (χ2v) is 8.58. The van der Waals surface area contributed by atoms with Gasteiger partial charge >= 0.3 is 5.97 Å². The Morgan fingerprint density at radius 3 is 2.38 bits per heavy atom. The molecule has 0 spiro atoms. The predicted octanol–water partition coefficient (Wildman–Crippen LogP) is 3.72. The van der Waals surface area contributed by atoms with Gasteiger partial charge < -0.3 is 13.9 Å². The molecule has 32 heavy (non-hydrogen) atoms. The van der Waals surface area contributed by atoms with E-state index in [1.807, 2.05) is 6.92 Å². The number of nitrogens with one attached hydrogen (secondary N) is 1. The minimum absolute atomic E-state index is 0.00778. The van der Waals surface area contributed by atoms with Crippen LogP contribution in [0.5, 0.6) is 5.75 Å². The molecule has 2 aromatic carbocycles. The van der Waals surface area contributed by atoms with Gasteiger partial charge in [-0.25, -0.2) is 17.9 Å². The zero-order valence-electron chi connectivity index (χ0n) is 17.7. The summed E-state index contributed by atoms with van der Waals surface area (Å²) in [6.07, 6.45) is 1.46. The van der Waals surface area contributed by atoms with Crippen LogP contribution in [-0.4, -0.2) is 26.8 Å². The molecule has 1 aromatic heterocycles. The molecule has 9 heteroatoms. The summed E-state index contributed by atoms with van der Waals surface area (Å²) < 4.78 is 43.2. The van der Waals surface area contributed by atoms with Crippen LogP contribution < -0.4 is 9.46 Å². The van der Waals surface area contributed by atoms with E-state index in [4.69, 9.17) is 13.9 Å². The molecule has 0 amide bonds. The summed E-state index contributed by atoms with van der Waals surface area (Å²) in [5, 5.41) is 0. The summed E-state index contributed by atoms with van der Waals surface area (Å²) in [4.78, 5) is 24.1. The molecule has 0 unspecified atom stereocenters. The number of esters is 1. The van der Waals surface area contributed by atoms with Crippen LogP contribution in [0.3, 0.4) is 0 Å². The smallest absolute Gasteiger partial charge is 0.338 e. The molecule has 1 heterocycles. The summed E-state index contributed by atoms with van der Waals surface area (Å²) in [6.45, 7) is 3.61. The van der Waals surface area contributed by atoms with E-state index in [0.29, 0.717) is 29.2 Å². The monoisotopic (exact) mass is 457 g/mol. The molecule has 0 radical (unpaired) electrons. The fourth-order valence-electron chi connectivity index (χ4n) is 2.87. The van der Waals surface area contributed by atoms with Crippen molar-refractivity contribution in [1.82, 2.24) is 4.72 Å². The average Bonchev–Trinajstić information content (AvgIpc) is 3.31. The van der Waals surface area contributed by atoms with Crippen molar-refractivity contribution in [3.05, 3.63) is 83.3 Å². The molecule has 0 aliphatic heterocycles. The number of Topliss-reactive ketones (excluding diaryl/α,β-unsaturated/α-hetero) is 1. The number of hydrogen-bond donors (Lipinski definition) is 1. The Morgan fingerprint density at radius 1 is 1.03 bits per heavy atom. The molecule has 3 rings (SSSR count). The first-order valence-electron chi connectivity index (χ1n) is 9.86. The summed E-state index contributed by atoms with van der Waals surface area (Å²) in [5.74, 6) is 0.259. The lowest BCUT2D eigenvalue weighted by Crippen LogP contribution is -2.23. The quantitative estimate of drug-likeness (QED) is 0.365. The Hall–Kier alpha value is -3.43. The highest BCUT2D eigenvalue weighted by molar-refractivity contribution is 7.89. The molecule has 0 atom stereocenters. The first kappa shape index (κ1) is 23.2. The van der Waals surface area contributed by atoms with E-state index in [1.54, 1.807) is 30.3 Å². The molecular formula is C23H23NO7S. The van der Waals surface area contributed by atoms with Crippen molar-refractivity contribution in [3.63, 3.8) is 0 Å². The Labute approximate surface area is 186 Å². The third-order valence-corrected chi connectivity index (χ3v) is 5.96. The maximum absolute atomic E-state index is 12.4. The Balaban J connectivity index is 1.66.